The Labute approximate surface area is 177 Å². The van der Waals surface area contributed by atoms with E-state index in [-0.39, 0.29) is 17.8 Å². The van der Waals surface area contributed by atoms with Gasteiger partial charge in [-0.25, -0.2) is 19.0 Å². The number of amides is 1. The van der Waals surface area contributed by atoms with Gasteiger partial charge in [-0.3, -0.25) is 4.79 Å². The smallest absolute Gasteiger partial charge is 0.251 e. The van der Waals surface area contributed by atoms with Crippen molar-refractivity contribution in [3.05, 3.63) is 90.5 Å². The van der Waals surface area contributed by atoms with Gasteiger partial charge in [-0.2, -0.15) is 5.10 Å². The maximum atomic E-state index is 14.1. The van der Waals surface area contributed by atoms with Gasteiger partial charge in [0.1, 0.15) is 24.0 Å². The lowest BCUT2D eigenvalue weighted by Crippen LogP contribution is -2.34. The Morgan fingerprint density at radius 2 is 2.00 bits per heavy atom. The Kier molecular flexibility index (Phi) is 4.87. The predicted molar refractivity (Wildman–Crippen MR) is 111 cm³/mol. The molecule has 0 aliphatic carbocycles. The minimum atomic E-state index is -0.344. The van der Waals surface area contributed by atoms with E-state index in [2.05, 4.69) is 20.4 Å². The molecule has 7 nitrogen and oxygen atoms in total. The van der Waals surface area contributed by atoms with Crippen molar-refractivity contribution in [2.75, 3.05) is 6.54 Å². The first-order valence-electron chi connectivity index (χ1n) is 9.80. The summed E-state index contributed by atoms with van der Waals surface area (Å²) in [7, 11) is 0. The molecule has 4 aromatic rings. The maximum absolute atomic E-state index is 14.1. The number of nitrogens with one attached hydrogen (secondary N) is 1. The van der Waals surface area contributed by atoms with Crippen LogP contribution in [0, 0.1) is 5.82 Å². The van der Waals surface area contributed by atoms with Crippen LogP contribution in [0.3, 0.4) is 0 Å². The number of fused-ring (bicyclic) bond motifs is 1. The quantitative estimate of drug-likeness (QED) is 0.541. The van der Waals surface area contributed by atoms with Crippen LogP contribution in [0.15, 0.2) is 73.6 Å². The van der Waals surface area contributed by atoms with Gasteiger partial charge >= 0.3 is 0 Å². The second-order valence-corrected chi connectivity index (χ2v) is 7.22. The van der Waals surface area contributed by atoms with Crippen LogP contribution in [0.1, 0.15) is 15.9 Å². The van der Waals surface area contributed by atoms with Crippen LogP contribution in [-0.2, 0) is 6.42 Å². The zero-order chi connectivity index (χ0) is 21.2. The van der Waals surface area contributed by atoms with Crippen LogP contribution >= 0.6 is 0 Å². The summed E-state index contributed by atoms with van der Waals surface area (Å²) in [6.45, 7) is 0.306. The fourth-order valence-corrected chi connectivity index (χ4v) is 3.66. The highest BCUT2D eigenvalue weighted by Gasteiger charge is 2.27. The van der Waals surface area contributed by atoms with Crippen molar-refractivity contribution < 1.29 is 13.9 Å². The Balaban J connectivity index is 1.26. The van der Waals surface area contributed by atoms with E-state index in [1.165, 1.54) is 18.5 Å². The van der Waals surface area contributed by atoms with Crippen molar-refractivity contribution in [1.29, 1.82) is 0 Å². The summed E-state index contributed by atoms with van der Waals surface area (Å²) in [6, 6.07) is 11.9. The lowest BCUT2D eigenvalue weighted by Gasteiger charge is -2.14. The van der Waals surface area contributed by atoms with E-state index in [1.807, 2.05) is 24.4 Å². The van der Waals surface area contributed by atoms with Gasteiger partial charge in [0.15, 0.2) is 0 Å². The summed E-state index contributed by atoms with van der Waals surface area (Å²) in [6.07, 6.45) is 8.41. The maximum Gasteiger partial charge on any atom is 0.251 e. The number of benzene rings is 2. The molecule has 0 spiro atoms. The standard InChI is InChI=1S/C23H18FN5O2/c24-18-8-16-9-20(31-22(16)21(10-18)17-11-25-14-26-12-17)13-27-23(30)15-2-4-19(5-3-15)29-7-1-6-28-29/h1-8,10-12,14,20H,9,13H2,(H,27,30). The van der Waals surface area contributed by atoms with Crippen LogP contribution < -0.4 is 10.1 Å². The molecule has 5 rings (SSSR count). The highest BCUT2D eigenvalue weighted by Crippen LogP contribution is 2.39. The van der Waals surface area contributed by atoms with Crippen molar-refractivity contribution in [3.8, 4) is 22.6 Å². The van der Waals surface area contributed by atoms with E-state index >= 15 is 0 Å². The third-order valence-corrected chi connectivity index (χ3v) is 5.12. The Hall–Kier alpha value is -4.07. The average Bonchev–Trinajstić information content (AvgIpc) is 3.48. The van der Waals surface area contributed by atoms with Gasteiger partial charge < -0.3 is 10.1 Å². The third-order valence-electron chi connectivity index (χ3n) is 5.12. The fraction of sp³-hybridized carbons (Fsp3) is 0.130. The van der Waals surface area contributed by atoms with Crippen molar-refractivity contribution in [2.24, 2.45) is 0 Å². The van der Waals surface area contributed by atoms with Crippen LogP contribution in [0.5, 0.6) is 5.75 Å². The zero-order valence-corrected chi connectivity index (χ0v) is 16.4. The van der Waals surface area contributed by atoms with Crippen molar-refractivity contribution >= 4 is 5.91 Å². The van der Waals surface area contributed by atoms with E-state index < -0.39 is 0 Å². The highest BCUT2D eigenvalue weighted by molar-refractivity contribution is 5.94. The molecule has 1 unspecified atom stereocenters. The van der Waals surface area contributed by atoms with Gasteiger partial charge in [0.2, 0.25) is 0 Å². The minimum Gasteiger partial charge on any atom is -0.487 e. The van der Waals surface area contributed by atoms with Crippen molar-refractivity contribution in [2.45, 2.75) is 12.5 Å². The first kappa shape index (κ1) is 18.9. The molecular formula is C23H18FN5O2. The molecule has 8 heteroatoms. The summed E-state index contributed by atoms with van der Waals surface area (Å²) in [5, 5.41) is 7.07. The van der Waals surface area contributed by atoms with Crippen LogP contribution in [0.25, 0.3) is 16.8 Å². The molecule has 1 amide bonds. The molecule has 2 aromatic heterocycles. The van der Waals surface area contributed by atoms with Crippen LogP contribution in [-0.4, -0.2) is 38.3 Å². The number of carbonyl (C=O) groups is 1. The first-order chi connectivity index (χ1) is 15.2. The SMILES string of the molecule is O=C(NCC1Cc2cc(F)cc(-c3cncnc3)c2O1)c1ccc(-n2cccn2)cc1. The van der Waals surface area contributed by atoms with E-state index in [1.54, 1.807) is 35.4 Å². The van der Waals surface area contributed by atoms with E-state index in [0.29, 0.717) is 35.4 Å². The molecule has 1 N–H and O–H groups in total. The average molecular weight is 415 g/mol. The number of hydrogen-bond acceptors (Lipinski definition) is 5. The molecule has 0 saturated heterocycles. The summed E-state index contributed by atoms with van der Waals surface area (Å²) < 4.78 is 21.9. The highest BCUT2D eigenvalue weighted by atomic mass is 19.1. The summed E-state index contributed by atoms with van der Waals surface area (Å²) in [5.74, 6) is 0.0663. The molecule has 1 atom stereocenters. The Morgan fingerprint density at radius 3 is 2.74 bits per heavy atom. The monoisotopic (exact) mass is 415 g/mol. The van der Waals surface area contributed by atoms with Crippen LogP contribution in [0.2, 0.25) is 0 Å². The molecule has 0 saturated carbocycles. The number of nitrogens with zero attached hydrogens (tertiary/aromatic N) is 4. The molecular weight excluding hydrogens is 397 g/mol. The van der Waals surface area contributed by atoms with Gasteiger partial charge in [-0.1, -0.05) is 0 Å². The lowest BCUT2D eigenvalue weighted by atomic mass is 10.0. The first-order valence-corrected chi connectivity index (χ1v) is 9.80. The lowest BCUT2D eigenvalue weighted by molar-refractivity contribution is 0.0933. The molecule has 1 aliphatic rings. The molecule has 31 heavy (non-hydrogen) atoms. The third kappa shape index (κ3) is 3.87. The molecule has 3 heterocycles. The molecule has 1 aliphatic heterocycles. The molecule has 0 radical (unpaired) electrons. The fourth-order valence-electron chi connectivity index (χ4n) is 3.66. The molecule has 0 fully saturated rings. The Bertz CT molecular complexity index is 1210. The topological polar surface area (TPSA) is 81.9 Å². The number of rotatable bonds is 5. The van der Waals surface area contributed by atoms with E-state index in [9.17, 15) is 9.18 Å². The van der Waals surface area contributed by atoms with Gasteiger partial charge in [0.25, 0.3) is 5.91 Å². The molecule has 2 aromatic carbocycles. The van der Waals surface area contributed by atoms with E-state index in [0.717, 1.165) is 11.3 Å². The number of aromatic nitrogens is 4. The number of carbonyl (C=O) groups excluding carboxylic acids is 1. The number of ether oxygens (including phenoxy) is 1. The molecule has 0 bridgehead atoms. The predicted octanol–water partition coefficient (Wildman–Crippen LogP) is 3.20. The van der Waals surface area contributed by atoms with E-state index in [4.69, 9.17) is 4.74 Å². The van der Waals surface area contributed by atoms with Gasteiger partial charge in [-0.15, -0.1) is 0 Å². The minimum absolute atomic E-state index is 0.200. The van der Waals surface area contributed by atoms with Crippen molar-refractivity contribution in [1.82, 2.24) is 25.1 Å². The second kappa shape index (κ2) is 7.98. The number of halogens is 1. The zero-order valence-electron chi connectivity index (χ0n) is 16.4. The molecule has 154 valence electrons. The van der Waals surface area contributed by atoms with Gasteiger partial charge in [0.05, 0.1) is 12.2 Å². The summed E-state index contributed by atoms with van der Waals surface area (Å²) in [5.41, 5.74) is 3.47. The summed E-state index contributed by atoms with van der Waals surface area (Å²) >= 11 is 0. The van der Waals surface area contributed by atoms with Gasteiger partial charge in [0, 0.05) is 53.5 Å². The normalized spacial score (nSPS) is 14.7. The second-order valence-electron chi connectivity index (χ2n) is 7.22. The van der Waals surface area contributed by atoms with Crippen molar-refractivity contribution in [3.63, 3.8) is 0 Å². The van der Waals surface area contributed by atoms with Gasteiger partial charge in [-0.05, 0) is 42.5 Å². The Morgan fingerprint density at radius 1 is 1.19 bits per heavy atom. The largest absolute Gasteiger partial charge is 0.487 e. The summed E-state index contributed by atoms with van der Waals surface area (Å²) in [4.78, 5) is 20.5. The number of hydrogen-bond donors (Lipinski definition) is 1. The van der Waals surface area contributed by atoms with Crippen LogP contribution in [0.4, 0.5) is 4.39 Å².